The second kappa shape index (κ2) is 18.0. The van der Waals surface area contributed by atoms with Gasteiger partial charge in [-0.1, -0.05) is 32.6 Å². The van der Waals surface area contributed by atoms with Crippen LogP contribution >= 0.6 is 24.0 Å². The van der Waals surface area contributed by atoms with Crippen LogP contribution in [-0.2, 0) is 0 Å². The average molecular weight is 412 g/mol. The summed E-state index contributed by atoms with van der Waals surface area (Å²) in [7, 11) is 4.28. The predicted octanol–water partition coefficient (Wildman–Crippen LogP) is 3.47. The number of hydrogen-bond acceptors (Lipinski definition) is 2. The molecule has 0 amide bonds. The summed E-state index contributed by atoms with van der Waals surface area (Å²) in [5.74, 6) is 0.980. The summed E-state index contributed by atoms with van der Waals surface area (Å²) in [6.07, 6.45) is 8.92. The standard InChI is InChI=1S/C16H36N4.HI/c1-5-7-13-18-16(17-6-2)19-14-11-9-8-10-12-15-20(3)4;/h5-15H2,1-4H3,(H2,17,18,19);1H. The van der Waals surface area contributed by atoms with Gasteiger partial charge >= 0.3 is 0 Å². The highest BCUT2D eigenvalue weighted by Crippen LogP contribution is 2.03. The lowest BCUT2D eigenvalue weighted by atomic mass is 10.1. The molecule has 0 atom stereocenters. The largest absolute Gasteiger partial charge is 0.357 e. The summed E-state index contributed by atoms with van der Waals surface area (Å²) in [6.45, 7) is 8.43. The molecule has 4 nitrogen and oxygen atoms in total. The van der Waals surface area contributed by atoms with Crippen molar-refractivity contribution in [3.05, 3.63) is 0 Å². The van der Waals surface area contributed by atoms with Gasteiger partial charge in [-0.3, -0.25) is 4.99 Å². The lowest BCUT2D eigenvalue weighted by molar-refractivity contribution is 0.390. The summed E-state index contributed by atoms with van der Waals surface area (Å²) in [4.78, 5) is 6.88. The molecule has 0 aliphatic heterocycles. The highest BCUT2D eigenvalue weighted by atomic mass is 127. The SMILES string of the molecule is CCCCNC(=NCCCCCCCN(C)C)NCC.I. The van der Waals surface area contributed by atoms with E-state index < -0.39 is 0 Å². The van der Waals surface area contributed by atoms with E-state index >= 15 is 0 Å². The minimum absolute atomic E-state index is 0. The van der Waals surface area contributed by atoms with E-state index in [2.05, 4.69) is 48.5 Å². The Labute approximate surface area is 149 Å². The van der Waals surface area contributed by atoms with Crippen LogP contribution in [0.5, 0.6) is 0 Å². The average Bonchev–Trinajstić information content (AvgIpc) is 2.41. The van der Waals surface area contributed by atoms with Crippen molar-refractivity contribution in [1.82, 2.24) is 15.5 Å². The van der Waals surface area contributed by atoms with Crippen molar-refractivity contribution in [2.45, 2.75) is 58.8 Å². The number of halogens is 1. The quantitative estimate of drug-likeness (QED) is 0.223. The number of aliphatic imine (C=N–C) groups is 1. The van der Waals surface area contributed by atoms with Gasteiger partial charge in [-0.15, -0.1) is 24.0 Å². The summed E-state index contributed by atoms with van der Waals surface area (Å²) in [6, 6.07) is 0. The highest BCUT2D eigenvalue weighted by Gasteiger charge is 1.96. The van der Waals surface area contributed by atoms with Crippen molar-refractivity contribution in [1.29, 1.82) is 0 Å². The number of hydrogen-bond donors (Lipinski definition) is 2. The summed E-state index contributed by atoms with van der Waals surface area (Å²) >= 11 is 0. The molecule has 0 aromatic rings. The van der Waals surface area contributed by atoms with Gasteiger partial charge in [-0.25, -0.2) is 0 Å². The molecule has 0 aromatic carbocycles. The minimum Gasteiger partial charge on any atom is -0.357 e. The van der Waals surface area contributed by atoms with E-state index in [4.69, 9.17) is 0 Å². The van der Waals surface area contributed by atoms with E-state index in [-0.39, 0.29) is 24.0 Å². The lowest BCUT2D eigenvalue weighted by Crippen LogP contribution is -2.37. The molecule has 0 aliphatic rings. The van der Waals surface area contributed by atoms with Crippen LogP contribution in [0.15, 0.2) is 4.99 Å². The number of nitrogens with one attached hydrogen (secondary N) is 2. The first-order chi connectivity index (χ1) is 9.70. The van der Waals surface area contributed by atoms with Crippen LogP contribution in [0.3, 0.4) is 0 Å². The van der Waals surface area contributed by atoms with E-state index in [1.165, 1.54) is 51.5 Å². The second-order valence-electron chi connectivity index (χ2n) is 5.61. The second-order valence-corrected chi connectivity index (χ2v) is 5.61. The van der Waals surface area contributed by atoms with Crippen molar-refractivity contribution in [3.8, 4) is 0 Å². The summed E-state index contributed by atoms with van der Waals surface area (Å²) in [5, 5.41) is 6.68. The molecular weight excluding hydrogens is 375 g/mol. The Morgan fingerprint density at radius 3 is 2.19 bits per heavy atom. The fraction of sp³-hybridized carbons (Fsp3) is 0.938. The third kappa shape index (κ3) is 17.9. The fourth-order valence-corrected chi connectivity index (χ4v) is 1.99. The Bertz CT molecular complexity index is 232. The Hall–Kier alpha value is -0.0400. The molecule has 0 aliphatic carbocycles. The van der Waals surface area contributed by atoms with E-state index in [0.29, 0.717) is 0 Å². The minimum atomic E-state index is 0. The van der Waals surface area contributed by atoms with Gasteiger partial charge in [-0.2, -0.15) is 0 Å². The zero-order chi connectivity index (χ0) is 15.1. The highest BCUT2D eigenvalue weighted by molar-refractivity contribution is 14.0. The van der Waals surface area contributed by atoms with Crippen LogP contribution < -0.4 is 10.6 Å². The van der Waals surface area contributed by atoms with Crippen LogP contribution in [0, 0.1) is 0 Å². The molecule has 21 heavy (non-hydrogen) atoms. The fourth-order valence-electron chi connectivity index (χ4n) is 1.99. The first-order valence-electron chi connectivity index (χ1n) is 8.37. The number of nitrogens with zero attached hydrogens (tertiary/aromatic N) is 2. The monoisotopic (exact) mass is 412 g/mol. The molecule has 0 unspecified atom stereocenters. The molecule has 128 valence electrons. The molecule has 0 heterocycles. The molecule has 0 saturated heterocycles. The van der Waals surface area contributed by atoms with Gasteiger partial charge in [-0.05, 0) is 46.8 Å². The third-order valence-corrected chi connectivity index (χ3v) is 3.20. The normalized spacial score (nSPS) is 11.4. The number of guanidine groups is 1. The van der Waals surface area contributed by atoms with Crippen molar-refractivity contribution in [2.24, 2.45) is 4.99 Å². The predicted molar refractivity (Wildman–Crippen MR) is 106 cm³/mol. The van der Waals surface area contributed by atoms with Gasteiger partial charge in [0.05, 0.1) is 0 Å². The topological polar surface area (TPSA) is 39.7 Å². The van der Waals surface area contributed by atoms with E-state index in [9.17, 15) is 0 Å². The molecule has 2 N–H and O–H groups in total. The Morgan fingerprint density at radius 2 is 1.57 bits per heavy atom. The van der Waals surface area contributed by atoms with Crippen LogP contribution in [0.2, 0.25) is 0 Å². The lowest BCUT2D eigenvalue weighted by Gasteiger charge is -2.10. The Morgan fingerprint density at radius 1 is 0.905 bits per heavy atom. The van der Waals surface area contributed by atoms with Gasteiger partial charge in [0, 0.05) is 19.6 Å². The van der Waals surface area contributed by atoms with Crippen LogP contribution in [0.25, 0.3) is 0 Å². The molecule has 0 fully saturated rings. The maximum atomic E-state index is 4.62. The van der Waals surface area contributed by atoms with Crippen molar-refractivity contribution >= 4 is 29.9 Å². The number of rotatable bonds is 12. The van der Waals surface area contributed by atoms with E-state index in [1.54, 1.807) is 0 Å². The van der Waals surface area contributed by atoms with E-state index in [1.807, 2.05) is 0 Å². The van der Waals surface area contributed by atoms with Crippen LogP contribution in [-0.4, -0.2) is 51.1 Å². The van der Waals surface area contributed by atoms with Crippen molar-refractivity contribution in [3.63, 3.8) is 0 Å². The summed E-state index contributed by atoms with van der Waals surface area (Å²) < 4.78 is 0. The van der Waals surface area contributed by atoms with Gasteiger partial charge in [0.2, 0.25) is 0 Å². The zero-order valence-electron chi connectivity index (χ0n) is 14.6. The van der Waals surface area contributed by atoms with Crippen molar-refractivity contribution in [2.75, 3.05) is 40.3 Å². The Balaban J connectivity index is 0. The molecule has 0 spiro atoms. The maximum absolute atomic E-state index is 4.62. The van der Waals surface area contributed by atoms with Crippen LogP contribution in [0.1, 0.15) is 58.8 Å². The maximum Gasteiger partial charge on any atom is 0.191 e. The molecule has 0 radical (unpaired) electrons. The summed E-state index contributed by atoms with van der Waals surface area (Å²) in [5.41, 5.74) is 0. The zero-order valence-corrected chi connectivity index (χ0v) is 16.9. The first-order valence-corrected chi connectivity index (χ1v) is 8.37. The third-order valence-electron chi connectivity index (χ3n) is 3.20. The van der Waals surface area contributed by atoms with Crippen molar-refractivity contribution < 1.29 is 0 Å². The van der Waals surface area contributed by atoms with Gasteiger partial charge < -0.3 is 15.5 Å². The smallest absolute Gasteiger partial charge is 0.191 e. The molecule has 0 rings (SSSR count). The Kier molecular flexibility index (Phi) is 19.9. The molecule has 0 aromatic heterocycles. The van der Waals surface area contributed by atoms with Gasteiger partial charge in [0.15, 0.2) is 5.96 Å². The molecule has 5 heteroatoms. The van der Waals surface area contributed by atoms with Gasteiger partial charge in [0.25, 0.3) is 0 Å². The molecular formula is C16H37IN4. The van der Waals surface area contributed by atoms with E-state index in [0.717, 1.165) is 25.6 Å². The van der Waals surface area contributed by atoms with Gasteiger partial charge in [0.1, 0.15) is 0 Å². The number of unbranched alkanes of at least 4 members (excludes halogenated alkanes) is 5. The van der Waals surface area contributed by atoms with Crippen LogP contribution in [0.4, 0.5) is 0 Å². The molecule has 0 saturated carbocycles. The first kappa shape index (κ1) is 23.2. The molecule has 0 bridgehead atoms.